The van der Waals surface area contributed by atoms with Crippen molar-refractivity contribution >= 4 is 5.91 Å². The summed E-state index contributed by atoms with van der Waals surface area (Å²) < 4.78 is 0.774. The fourth-order valence-corrected chi connectivity index (χ4v) is 2.12. The molecule has 1 unspecified atom stereocenters. The normalized spacial score (nSPS) is 29.5. The van der Waals surface area contributed by atoms with Gasteiger partial charge in [-0.25, -0.2) is 4.59 Å². The molecule has 0 N–H and O–H groups in total. The number of carbonyl (C=O) groups is 1. The molecular formula is C10H21N2O+. The maximum atomic E-state index is 11.6. The molecule has 1 amide bonds. The topological polar surface area (TPSA) is 20.3 Å². The van der Waals surface area contributed by atoms with Crippen LogP contribution in [0.4, 0.5) is 0 Å². The van der Waals surface area contributed by atoms with Crippen LogP contribution in [-0.2, 0) is 4.79 Å². The molecule has 0 aromatic rings. The Morgan fingerprint density at radius 3 is 2.15 bits per heavy atom. The largest absolute Gasteiger partial charge is 0.273 e. The lowest BCUT2D eigenvalue weighted by Gasteiger charge is -2.42. The van der Waals surface area contributed by atoms with Gasteiger partial charge in [-0.05, 0) is 27.7 Å². The summed E-state index contributed by atoms with van der Waals surface area (Å²) in [5.41, 5.74) is 0. The van der Waals surface area contributed by atoms with E-state index in [0.717, 1.165) is 11.1 Å². The van der Waals surface area contributed by atoms with Crippen LogP contribution in [0.5, 0.6) is 0 Å². The first kappa shape index (κ1) is 10.5. The van der Waals surface area contributed by atoms with E-state index in [0.29, 0.717) is 24.4 Å². The third kappa shape index (κ3) is 1.57. The zero-order chi connectivity index (χ0) is 10.2. The predicted octanol–water partition coefficient (Wildman–Crippen LogP) is 1.40. The summed E-state index contributed by atoms with van der Waals surface area (Å²) in [6, 6.07) is 0.788. The molecule has 3 heteroatoms. The van der Waals surface area contributed by atoms with Gasteiger partial charge in [0.2, 0.25) is 0 Å². The number of nitrogens with zero attached hydrogens (tertiary/aromatic N) is 2. The van der Waals surface area contributed by atoms with Crippen LogP contribution in [0.15, 0.2) is 0 Å². The number of hydrogen-bond donors (Lipinski definition) is 0. The summed E-state index contributed by atoms with van der Waals surface area (Å²) in [5, 5.41) is 2.00. The van der Waals surface area contributed by atoms with Crippen molar-refractivity contribution < 1.29 is 9.39 Å². The van der Waals surface area contributed by atoms with Crippen molar-refractivity contribution in [3.05, 3.63) is 0 Å². The lowest BCUT2D eigenvalue weighted by molar-refractivity contribution is -1.02. The van der Waals surface area contributed by atoms with Gasteiger partial charge in [-0.2, -0.15) is 5.01 Å². The van der Waals surface area contributed by atoms with E-state index in [4.69, 9.17) is 0 Å². The van der Waals surface area contributed by atoms with Gasteiger partial charge in [0.25, 0.3) is 5.91 Å². The van der Waals surface area contributed by atoms with Crippen LogP contribution >= 0.6 is 0 Å². The molecule has 3 nitrogen and oxygen atoms in total. The van der Waals surface area contributed by atoms with E-state index in [9.17, 15) is 4.79 Å². The Kier molecular flexibility index (Phi) is 2.66. The average Bonchev–Trinajstić information content (AvgIpc) is 2.28. The van der Waals surface area contributed by atoms with Gasteiger partial charge in [0, 0.05) is 0 Å². The lowest BCUT2D eigenvalue weighted by atomic mass is 10.3. The second kappa shape index (κ2) is 3.29. The minimum atomic E-state index is 0.297. The highest BCUT2D eigenvalue weighted by molar-refractivity contribution is 5.76. The van der Waals surface area contributed by atoms with Gasteiger partial charge in [-0.15, -0.1) is 0 Å². The molecule has 0 saturated carbocycles. The van der Waals surface area contributed by atoms with Crippen molar-refractivity contribution in [3.8, 4) is 0 Å². The molecule has 1 atom stereocenters. The summed E-state index contributed by atoms with van der Waals surface area (Å²) >= 11 is 0. The highest BCUT2D eigenvalue weighted by Crippen LogP contribution is 2.26. The van der Waals surface area contributed by atoms with Gasteiger partial charge < -0.3 is 0 Å². The highest BCUT2D eigenvalue weighted by Gasteiger charge is 2.45. The fraction of sp³-hybridized carbons (Fsp3) is 0.900. The fourth-order valence-electron chi connectivity index (χ4n) is 2.12. The van der Waals surface area contributed by atoms with Crippen LogP contribution in [0.2, 0.25) is 0 Å². The van der Waals surface area contributed by atoms with Crippen molar-refractivity contribution in [2.45, 2.75) is 46.2 Å². The van der Waals surface area contributed by atoms with Crippen LogP contribution in [-0.4, -0.2) is 41.2 Å². The molecule has 0 bridgehead atoms. The molecule has 0 radical (unpaired) electrons. The monoisotopic (exact) mass is 185 g/mol. The molecule has 1 saturated heterocycles. The molecule has 0 aromatic carbocycles. The number of amides is 1. The van der Waals surface area contributed by atoms with Gasteiger partial charge in [0.05, 0.1) is 19.5 Å². The van der Waals surface area contributed by atoms with Gasteiger partial charge >= 0.3 is 0 Å². The van der Waals surface area contributed by atoms with E-state index < -0.39 is 0 Å². The minimum Gasteiger partial charge on any atom is -0.269 e. The third-order valence-corrected chi connectivity index (χ3v) is 3.13. The Hall–Kier alpha value is -0.570. The van der Waals surface area contributed by atoms with Crippen molar-refractivity contribution in [3.63, 3.8) is 0 Å². The molecule has 1 fully saturated rings. The highest BCUT2D eigenvalue weighted by atomic mass is 16.2. The first-order valence-corrected chi connectivity index (χ1v) is 5.07. The third-order valence-electron chi connectivity index (χ3n) is 3.13. The first-order valence-electron chi connectivity index (χ1n) is 5.07. The second-order valence-electron chi connectivity index (χ2n) is 4.61. The number of carbonyl (C=O) groups excluding carboxylic acids is 1. The van der Waals surface area contributed by atoms with Crippen LogP contribution in [0.3, 0.4) is 0 Å². The maximum absolute atomic E-state index is 11.6. The Labute approximate surface area is 80.9 Å². The summed E-state index contributed by atoms with van der Waals surface area (Å²) in [7, 11) is 2.15. The smallest absolute Gasteiger partial charge is 0.269 e. The van der Waals surface area contributed by atoms with E-state index in [1.54, 1.807) is 0 Å². The summed E-state index contributed by atoms with van der Waals surface area (Å²) in [4.78, 5) is 11.6. The average molecular weight is 185 g/mol. The SMILES string of the molecule is CC(C)N1C(=O)CC[N+]1(C)C(C)C. The molecule has 1 aliphatic heterocycles. The quantitative estimate of drug-likeness (QED) is 0.595. The zero-order valence-electron chi connectivity index (χ0n) is 9.37. The van der Waals surface area contributed by atoms with E-state index >= 15 is 0 Å². The van der Waals surface area contributed by atoms with Gasteiger partial charge in [-0.3, -0.25) is 4.79 Å². The molecule has 1 rings (SSSR count). The van der Waals surface area contributed by atoms with Crippen LogP contribution in [0.25, 0.3) is 0 Å². The first-order chi connectivity index (χ1) is 5.89. The standard InChI is InChI=1S/C10H21N2O/c1-8(2)11-10(13)6-7-12(11,5)9(3)4/h8-9H,6-7H2,1-5H3/q+1. The van der Waals surface area contributed by atoms with Crippen LogP contribution < -0.4 is 0 Å². The molecule has 1 aliphatic rings. The maximum Gasteiger partial charge on any atom is 0.273 e. The number of hydrogen-bond acceptors (Lipinski definition) is 1. The van der Waals surface area contributed by atoms with Crippen LogP contribution in [0.1, 0.15) is 34.1 Å². The van der Waals surface area contributed by atoms with Crippen LogP contribution in [0, 0.1) is 0 Å². The Bertz CT molecular complexity index is 213. The Morgan fingerprint density at radius 1 is 1.31 bits per heavy atom. The Balaban J connectivity index is 2.92. The molecule has 76 valence electrons. The van der Waals surface area contributed by atoms with E-state index in [2.05, 4.69) is 34.7 Å². The molecular weight excluding hydrogens is 164 g/mol. The summed E-state index contributed by atoms with van der Waals surface area (Å²) in [6.45, 7) is 9.47. The predicted molar refractivity (Wildman–Crippen MR) is 52.8 cm³/mol. The van der Waals surface area contributed by atoms with Crippen molar-refractivity contribution in [1.29, 1.82) is 0 Å². The molecule has 1 heterocycles. The zero-order valence-corrected chi connectivity index (χ0v) is 9.37. The Morgan fingerprint density at radius 2 is 1.85 bits per heavy atom. The van der Waals surface area contributed by atoms with Crippen molar-refractivity contribution in [2.24, 2.45) is 0 Å². The molecule has 0 aliphatic carbocycles. The molecule has 0 spiro atoms. The van der Waals surface area contributed by atoms with E-state index in [-0.39, 0.29) is 0 Å². The van der Waals surface area contributed by atoms with Gasteiger partial charge in [0.15, 0.2) is 0 Å². The van der Waals surface area contributed by atoms with Gasteiger partial charge in [-0.1, -0.05) is 0 Å². The number of rotatable bonds is 2. The second-order valence-corrected chi connectivity index (χ2v) is 4.61. The summed E-state index contributed by atoms with van der Waals surface area (Å²) in [6.07, 6.45) is 0.701. The minimum absolute atomic E-state index is 0.297. The van der Waals surface area contributed by atoms with E-state index in [1.807, 2.05) is 5.01 Å². The van der Waals surface area contributed by atoms with E-state index in [1.165, 1.54) is 0 Å². The van der Waals surface area contributed by atoms with Gasteiger partial charge in [0.1, 0.15) is 12.6 Å². The summed E-state index contributed by atoms with van der Waals surface area (Å²) in [5.74, 6) is 0.297. The lowest BCUT2D eigenvalue weighted by Crippen LogP contribution is -2.60. The van der Waals surface area contributed by atoms with Crippen molar-refractivity contribution in [1.82, 2.24) is 5.01 Å². The molecule has 0 aromatic heterocycles. The molecule has 13 heavy (non-hydrogen) atoms. The van der Waals surface area contributed by atoms with Crippen molar-refractivity contribution in [2.75, 3.05) is 13.6 Å². The number of quaternary nitrogens is 1.